The van der Waals surface area contributed by atoms with Crippen LogP contribution in [0.15, 0.2) is 0 Å². The summed E-state index contributed by atoms with van der Waals surface area (Å²) in [6, 6.07) is 0.0226. The van der Waals surface area contributed by atoms with Crippen LogP contribution >= 0.6 is 0 Å². The van der Waals surface area contributed by atoms with Gasteiger partial charge in [0, 0.05) is 6.04 Å². The van der Waals surface area contributed by atoms with E-state index in [9.17, 15) is 0 Å². The topological polar surface area (TPSA) is 46.2 Å². The highest BCUT2D eigenvalue weighted by Crippen LogP contribution is 2.23. The van der Waals surface area contributed by atoms with E-state index in [1.807, 2.05) is 0 Å². The summed E-state index contributed by atoms with van der Waals surface area (Å²) < 4.78 is 0. The molecule has 1 saturated carbocycles. The van der Waals surface area contributed by atoms with Crippen molar-refractivity contribution in [2.45, 2.75) is 63.8 Å². The molecule has 0 aliphatic heterocycles. The lowest BCUT2D eigenvalue weighted by molar-refractivity contribution is 0.208. The summed E-state index contributed by atoms with van der Waals surface area (Å²) in [5.74, 6) is 0.568. The molecule has 14 heavy (non-hydrogen) atoms. The van der Waals surface area contributed by atoms with Gasteiger partial charge >= 0.3 is 0 Å². The summed E-state index contributed by atoms with van der Waals surface area (Å²) in [6.07, 6.45) is 12.0. The Balaban J connectivity index is 2.30. The SMILES string of the molecule is NC(CO)C1CCCCCCCCC1. The zero-order valence-electron chi connectivity index (χ0n) is 9.25. The maximum absolute atomic E-state index is 9.05. The van der Waals surface area contributed by atoms with E-state index in [-0.39, 0.29) is 12.6 Å². The van der Waals surface area contributed by atoms with Crippen LogP contribution < -0.4 is 5.73 Å². The maximum atomic E-state index is 9.05. The molecule has 1 atom stereocenters. The van der Waals surface area contributed by atoms with Gasteiger partial charge in [-0.2, -0.15) is 0 Å². The molecule has 0 heterocycles. The lowest BCUT2D eigenvalue weighted by Gasteiger charge is -2.23. The zero-order valence-corrected chi connectivity index (χ0v) is 9.25. The molecule has 0 aromatic carbocycles. The number of hydrogen-bond donors (Lipinski definition) is 2. The lowest BCUT2D eigenvalue weighted by Crippen LogP contribution is -2.33. The van der Waals surface area contributed by atoms with Crippen molar-refractivity contribution in [3.63, 3.8) is 0 Å². The first-order valence-corrected chi connectivity index (χ1v) is 6.21. The summed E-state index contributed by atoms with van der Waals surface area (Å²) in [4.78, 5) is 0. The molecule has 1 aliphatic carbocycles. The molecular formula is C12H25NO. The third kappa shape index (κ3) is 4.43. The molecule has 0 aromatic rings. The highest BCUT2D eigenvalue weighted by Gasteiger charge is 2.16. The number of nitrogens with two attached hydrogens (primary N) is 1. The predicted molar refractivity (Wildman–Crippen MR) is 60.1 cm³/mol. The summed E-state index contributed by atoms with van der Waals surface area (Å²) in [5.41, 5.74) is 5.91. The average molecular weight is 199 g/mol. The smallest absolute Gasteiger partial charge is 0.0585 e. The quantitative estimate of drug-likeness (QED) is 0.717. The highest BCUT2D eigenvalue weighted by molar-refractivity contribution is 4.73. The van der Waals surface area contributed by atoms with Crippen LogP contribution in [0.5, 0.6) is 0 Å². The summed E-state index contributed by atoms with van der Waals surface area (Å²) in [7, 11) is 0. The summed E-state index contributed by atoms with van der Waals surface area (Å²) in [5, 5.41) is 9.05. The number of hydrogen-bond acceptors (Lipinski definition) is 2. The van der Waals surface area contributed by atoms with Crippen LogP contribution in [0.25, 0.3) is 0 Å². The van der Waals surface area contributed by atoms with Crippen molar-refractivity contribution in [3.05, 3.63) is 0 Å². The predicted octanol–water partition coefficient (Wildman–Crippen LogP) is 2.45. The van der Waals surface area contributed by atoms with Gasteiger partial charge in [-0.05, 0) is 18.8 Å². The van der Waals surface area contributed by atoms with Crippen molar-refractivity contribution in [1.82, 2.24) is 0 Å². The Bertz CT molecular complexity index is 128. The van der Waals surface area contributed by atoms with Gasteiger partial charge in [-0.1, -0.05) is 44.9 Å². The van der Waals surface area contributed by atoms with E-state index in [1.165, 1.54) is 57.8 Å². The standard InChI is InChI=1S/C12H25NO/c13-12(10-14)11-8-6-4-2-1-3-5-7-9-11/h11-12,14H,1-10,13H2. The Morgan fingerprint density at radius 2 is 1.36 bits per heavy atom. The third-order valence-electron chi connectivity index (χ3n) is 3.47. The van der Waals surface area contributed by atoms with Gasteiger partial charge in [-0.3, -0.25) is 0 Å². The molecule has 84 valence electrons. The van der Waals surface area contributed by atoms with Crippen molar-refractivity contribution in [3.8, 4) is 0 Å². The minimum atomic E-state index is 0.0226. The van der Waals surface area contributed by atoms with Gasteiger partial charge in [0.15, 0.2) is 0 Å². The molecule has 2 heteroatoms. The van der Waals surface area contributed by atoms with Crippen molar-refractivity contribution >= 4 is 0 Å². The molecule has 0 saturated heterocycles. The van der Waals surface area contributed by atoms with Crippen molar-refractivity contribution in [2.75, 3.05) is 6.61 Å². The molecule has 1 aliphatic rings. The second-order valence-electron chi connectivity index (χ2n) is 4.66. The van der Waals surface area contributed by atoms with Gasteiger partial charge in [0.05, 0.1) is 6.61 Å². The van der Waals surface area contributed by atoms with Crippen LogP contribution in [0.2, 0.25) is 0 Å². The fraction of sp³-hybridized carbons (Fsp3) is 1.00. The van der Waals surface area contributed by atoms with Gasteiger partial charge in [0.25, 0.3) is 0 Å². The Hall–Kier alpha value is -0.0800. The zero-order chi connectivity index (χ0) is 10.2. The monoisotopic (exact) mass is 199 g/mol. The first kappa shape index (κ1) is 12.0. The van der Waals surface area contributed by atoms with Crippen LogP contribution in [0, 0.1) is 5.92 Å². The number of rotatable bonds is 2. The second kappa shape index (κ2) is 7.24. The van der Waals surface area contributed by atoms with E-state index < -0.39 is 0 Å². The molecule has 0 amide bonds. The van der Waals surface area contributed by atoms with E-state index in [1.54, 1.807) is 0 Å². The largest absolute Gasteiger partial charge is 0.395 e. The van der Waals surface area contributed by atoms with Crippen LogP contribution in [-0.4, -0.2) is 17.8 Å². The fourth-order valence-electron chi connectivity index (χ4n) is 2.42. The van der Waals surface area contributed by atoms with Gasteiger partial charge in [-0.15, -0.1) is 0 Å². The van der Waals surface area contributed by atoms with Gasteiger partial charge in [0.2, 0.25) is 0 Å². The van der Waals surface area contributed by atoms with E-state index >= 15 is 0 Å². The van der Waals surface area contributed by atoms with Crippen LogP contribution in [0.4, 0.5) is 0 Å². The van der Waals surface area contributed by atoms with Crippen LogP contribution in [-0.2, 0) is 0 Å². The Labute approximate surface area is 87.9 Å². The minimum absolute atomic E-state index is 0.0226. The maximum Gasteiger partial charge on any atom is 0.0585 e. The molecule has 0 aromatic heterocycles. The third-order valence-corrected chi connectivity index (χ3v) is 3.47. The molecule has 3 N–H and O–H groups in total. The van der Waals surface area contributed by atoms with E-state index in [2.05, 4.69) is 0 Å². The van der Waals surface area contributed by atoms with Gasteiger partial charge < -0.3 is 10.8 Å². The normalized spacial score (nSPS) is 24.4. The number of aliphatic hydroxyl groups is 1. The molecule has 0 bridgehead atoms. The molecule has 1 rings (SSSR count). The van der Waals surface area contributed by atoms with Crippen molar-refractivity contribution in [2.24, 2.45) is 11.7 Å². The highest BCUT2D eigenvalue weighted by atomic mass is 16.3. The Morgan fingerprint density at radius 1 is 0.929 bits per heavy atom. The lowest BCUT2D eigenvalue weighted by atomic mass is 9.87. The summed E-state index contributed by atoms with van der Waals surface area (Å²) in [6.45, 7) is 0.157. The minimum Gasteiger partial charge on any atom is -0.395 e. The first-order valence-electron chi connectivity index (χ1n) is 6.21. The van der Waals surface area contributed by atoms with E-state index in [4.69, 9.17) is 10.8 Å². The molecule has 1 fully saturated rings. The molecule has 0 spiro atoms. The number of aliphatic hydroxyl groups excluding tert-OH is 1. The Kier molecular flexibility index (Phi) is 6.20. The van der Waals surface area contributed by atoms with Crippen LogP contribution in [0.3, 0.4) is 0 Å². The summed E-state index contributed by atoms with van der Waals surface area (Å²) >= 11 is 0. The molecular weight excluding hydrogens is 174 g/mol. The average Bonchev–Trinajstić information content (AvgIpc) is 2.24. The Morgan fingerprint density at radius 3 is 1.79 bits per heavy atom. The molecule has 2 nitrogen and oxygen atoms in total. The first-order chi connectivity index (χ1) is 6.84. The van der Waals surface area contributed by atoms with Gasteiger partial charge in [0.1, 0.15) is 0 Å². The van der Waals surface area contributed by atoms with Gasteiger partial charge in [-0.25, -0.2) is 0 Å². The van der Waals surface area contributed by atoms with E-state index in [0.717, 1.165) is 0 Å². The van der Waals surface area contributed by atoms with Crippen LogP contribution in [0.1, 0.15) is 57.8 Å². The van der Waals surface area contributed by atoms with Crippen molar-refractivity contribution < 1.29 is 5.11 Å². The second-order valence-corrected chi connectivity index (χ2v) is 4.66. The molecule has 0 radical (unpaired) electrons. The van der Waals surface area contributed by atoms with E-state index in [0.29, 0.717) is 5.92 Å². The fourth-order valence-corrected chi connectivity index (χ4v) is 2.42. The molecule has 1 unspecified atom stereocenters. The van der Waals surface area contributed by atoms with Crippen molar-refractivity contribution in [1.29, 1.82) is 0 Å².